The average molecular weight is 210 g/mol. The molecule has 0 spiro atoms. The molecule has 0 saturated heterocycles. The number of pyridine rings is 1. The van der Waals surface area contributed by atoms with Crippen molar-refractivity contribution in [3.63, 3.8) is 0 Å². The first-order chi connectivity index (χ1) is 7.24. The number of nitrogens with zero attached hydrogens (tertiary/aromatic N) is 1. The molecule has 0 fully saturated rings. The Morgan fingerprint density at radius 3 is 2.73 bits per heavy atom. The molecule has 15 heavy (non-hydrogen) atoms. The van der Waals surface area contributed by atoms with Crippen molar-refractivity contribution in [2.75, 3.05) is 14.2 Å². The first kappa shape index (κ1) is 11.9. The molecular formula is C11H18N2O2. The average Bonchev–Trinajstić information content (AvgIpc) is 2.30. The van der Waals surface area contributed by atoms with Crippen LogP contribution in [0.4, 0.5) is 0 Å². The van der Waals surface area contributed by atoms with Gasteiger partial charge in [-0.15, -0.1) is 0 Å². The van der Waals surface area contributed by atoms with Crippen LogP contribution in [-0.4, -0.2) is 25.3 Å². The molecule has 0 radical (unpaired) electrons. The first-order valence-corrected chi connectivity index (χ1v) is 5.01. The Balaban J connectivity index is 2.93. The minimum absolute atomic E-state index is 0.0335. The van der Waals surface area contributed by atoms with Gasteiger partial charge in [0.2, 0.25) is 0 Å². The van der Waals surface area contributed by atoms with Crippen molar-refractivity contribution < 1.29 is 9.47 Å². The minimum atomic E-state index is -0.254. The van der Waals surface area contributed by atoms with Crippen molar-refractivity contribution in [3.05, 3.63) is 24.0 Å². The fraction of sp³-hybridized carbons (Fsp3) is 0.545. The molecule has 0 bridgehead atoms. The van der Waals surface area contributed by atoms with Crippen molar-refractivity contribution in [1.82, 2.24) is 4.98 Å². The summed E-state index contributed by atoms with van der Waals surface area (Å²) >= 11 is 0. The molecule has 4 heteroatoms. The SMILES string of the molecule is CCC(OC)C(N)c1ncccc1OC. The molecule has 1 aromatic rings. The Hall–Kier alpha value is -1.13. The Kier molecular flexibility index (Phi) is 4.52. The van der Waals surface area contributed by atoms with E-state index in [9.17, 15) is 0 Å². The second kappa shape index (κ2) is 5.68. The molecular weight excluding hydrogens is 192 g/mol. The van der Waals surface area contributed by atoms with Gasteiger partial charge in [0.05, 0.1) is 19.3 Å². The number of methoxy groups -OCH3 is 2. The van der Waals surface area contributed by atoms with Crippen LogP contribution in [-0.2, 0) is 4.74 Å². The zero-order valence-corrected chi connectivity index (χ0v) is 9.43. The van der Waals surface area contributed by atoms with E-state index in [0.29, 0.717) is 5.75 Å². The Bertz CT molecular complexity index is 300. The number of ether oxygens (including phenoxy) is 2. The molecule has 84 valence electrons. The molecule has 2 atom stereocenters. The van der Waals surface area contributed by atoms with Crippen LogP contribution in [0.3, 0.4) is 0 Å². The highest BCUT2D eigenvalue weighted by Gasteiger charge is 2.21. The van der Waals surface area contributed by atoms with Crippen molar-refractivity contribution in [3.8, 4) is 5.75 Å². The van der Waals surface area contributed by atoms with Crippen LogP contribution in [0, 0.1) is 0 Å². The summed E-state index contributed by atoms with van der Waals surface area (Å²) in [5.74, 6) is 0.709. The fourth-order valence-corrected chi connectivity index (χ4v) is 1.57. The quantitative estimate of drug-likeness (QED) is 0.800. The normalized spacial score (nSPS) is 14.7. The monoisotopic (exact) mass is 210 g/mol. The number of rotatable bonds is 5. The zero-order valence-electron chi connectivity index (χ0n) is 9.43. The number of hydrogen-bond donors (Lipinski definition) is 1. The highest BCUT2D eigenvalue weighted by atomic mass is 16.5. The van der Waals surface area contributed by atoms with Gasteiger partial charge in [-0.2, -0.15) is 0 Å². The number of nitrogens with two attached hydrogens (primary N) is 1. The lowest BCUT2D eigenvalue weighted by Crippen LogP contribution is -2.28. The van der Waals surface area contributed by atoms with E-state index in [4.69, 9.17) is 15.2 Å². The van der Waals surface area contributed by atoms with Gasteiger partial charge >= 0.3 is 0 Å². The van der Waals surface area contributed by atoms with Crippen LogP contribution >= 0.6 is 0 Å². The predicted octanol–water partition coefficient (Wildman–Crippen LogP) is 1.52. The maximum Gasteiger partial charge on any atom is 0.142 e. The van der Waals surface area contributed by atoms with Gasteiger partial charge in [0.15, 0.2) is 0 Å². The van der Waals surface area contributed by atoms with Crippen LogP contribution in [0.25, 0.3) is 0 Å². The molecule has 2 N–H and O–H groups in total. The van der Waals surface area contributed by atoms with E-state index in [1.54, 1.807) is 20.4 Å². The molecule has 1 aromatic heterocycles. The molecule has 0 aromatic carbocycles. The van der Waals surface area contributed by atoms with E-state index in [2.05, 4.69) is 4.98 Å². The van der Waals surface area contributed by atoms with Gasteiger partial charge in [0.25, 0.3) is 0 Å². The van der Waals surface area contributed by atoms with Crippen LogP contribution in [0.5, 0.6) is 5.75 Å². The first-order valence-electron chi connectivity index (χ1n) is 5.01. The molecule has 1 rings (SSSR count). The molecule has 0 aliphatic rings. The van der Waals surface area contributed by atoms with E-state index in [1.165, 1.54) is 0 Å². The third-order valence-corrected chi connectivity index (χ3v) is 2.44. The van der Waals surface area contributed by atoms with Crippen molar-refractivity contribution in [1.29, 1.82) is 0 Å². The summed E-state index contributed by atoms with van der Waals surface area (Å²) in [6, 6.07) is 3.42. The Labute approximate surface area is 90.4 Å². The van der Waals surface area contributed by atoms with Gasteiger partial charge in [-0.1, -0.05) is 6.92 Å². The van der Waals surface area contributed by atoms with E-state index in [0.717, 1.165) is 12.1 Å². The van der Waals surface area contributed by atoms with Gasteiger partial charge in [-0.25, -0.2) is 0 Å². The third kappa shape index (κ3) is 2.67. The van der Waals surface area contributed by atoms with E-state index < -0.39 is 0 Å². The summed E-state index contributed by atoms with van der Waals surface area (Å²) in [7, 11) is 3.27. The summed E-state index contributed by atoms with van der Waals surface area (Å²) < 4.78 is 10.5. The van der Waals surface area contributed by atoms with Gasteiger partial charge in [0, 0.05) is 13.3 Å². The molecule has 0 saturated carbocycles. The molecule has 0 amide bonds. The maximum absolute atomic E-state index is 6.07. The summed E-state index contributed by atoms with van der Waals surface area (Å²) in [6.45, 7) is 2.03. The number of hydrogen-bond acceptors (Lipinski definition) is 4. The molecule has 0 aliphatic carbocycles. The largest absolute Gasteiger partial charge is 0.495 e. The Morgan fingerprint density at radius 1 is 1.47 bits per heavy atom. The lowest BCUT2D eigenvalue weighted by molar-refractivity contribution is 0.0752. The summed E-state index contributed by atoms with van der Waals surface area (Å²) in [5, 5.41) is 0. The maximum atomic E-state index is 6.07. The second-order valence-electron chi connectivity index (χ2n) is 3.30. The second-order valence-corrected chi connectivity index (χ2v) is 3.30. The van der Waals surface area contributed by atoms with Crippen molar-refractivity contribution in [2.24, 2.45) is 5.73 Å². The highest BCUT2D eigenvalue weighted by molar-refractivity contribution is 5.29. The topological polar surface area (TPSA) is 57.4 Å². The van der Waals surface area contributed by atoms with Crippen molar-refractivity contribution in [2.45, 2.75) is 25.5 Å². The fourth-order valence-electron chi connectivity index (χ4n) is 1.57. The zero-order chi connectivity index (χ0) is 11.3. The lowest BCUT2D eigenvalue weighted by Gasteiger charge is -2.21. The summed E-state index contributed by atoms with van der Waals surface area (Å²) in [6.07, 6.45) is 2.52. The van der Waals surface area contributed by atoms with Crippen LogP contribution in [0.1, 0.15) is 25.1 Å². The standard InChI is InChI=1S/C11H18N2O2/c1-4-8(14-2)10(12)11-9(15-3)6-5-7-13-11/h5-8,10H,4,12H2,1-3H3. The third-order valence-electron chi connectivity index (χ3n) is 2.44. The van der Waals surface area contributed by atoms with Crippen LogP contribution in [0.2, 0.25) is 0 Å². The highest BCUT2D eigenvalue weighted by Crippen LogP contribution is 2.25. The molecule has 0 aliphatic heterocycles. The van der Waals surface area contributed by atoms with E-state index in [1.807, 2.05) is 19.1 Å². The number of aromatic nitrogens is 1. The molecule has 2 unspecified atom stereocenters. The van der Waals surface area contributed by atoms with Gasteiger partial charge in [-0.05, 0) is 18.6 Å². The van der Waals surface area contributed by atoms with E-state index >= 15 is 0 Å². The van der Waals surface area contributed by atoms with Gasteiger partial charge < -0.3 is 15.2 Å². The minimum Gasteiger partial charge on any atom is -0.495 e. The van der Waals surface area contributed by atoms with Crippen LogP contribution in [0.15, 0.2) is 18.3 Å². The molecule has 4 nitrogen and oxygen atoms in total. The van der Waals surface area contributed by atoms with E-state index in [-0.39, 0.29) is 12.1 Å². The van der Waals surface area contributed by atoms with Crippen LogP contribution < -0.4 is 10.5 Å². The van der Waals surface area contributed by atoms with Gasteiger partial charge in [-0.3, -0.25) is 4.98 Å². The molecule has 1 heterocycles. The smallest absolute Gasteiger partial charge is 0.142 e. The summed E-state index contributed by atoms with van der Waals surface area (Å²) in [4.78, 5) is 4.24. The Morgan fingerprint density at radius 2 is 2.20 bits per heavy atom. The van der Waals surface area contributed by atoms with Gasteiger partial charge in [0.1, 0.15) is 11.4 Å². The summed E-state index contributed by atoms with van der Waals surface area (Å²) in [5.41, 5.74) is 6.81. The van der Waals surface area contributed by atoms with Crippen molar-refractivity contribution >= 4 is 0 Å². The lowest BCUT2D eigenvalue weighted by atomic mass is 10.0. The predicted molar refractivity (Wildman–Crippen MR) is 58.8 cm³/mol.